The molecule has 5 rings (SSSR count). The molecule has 0 amide bonds. The lowest BCUT2D eigenvalue weighted by Gasteiger charge is -2.57. The Labute approximate surface area is 168 Å². The second-order valence-electron chi connectivity index (χ2n) is 8.72. The van der Waals surface area contributed by atoms with Gasteiger partial charge in [0.25, 0.3) is 0 Å². The molecular formula is C24H28N2S. The minimum atomic E-state index is 0.309. The Morgan fingerprint density at radius 1 is 0.926 bits per heavy atom. The Hall–Kier alpha value is -1.71. The van der Waals surface area contributed by atoms with Gasteiger partial charge in [-0.25, -0.2) is 0 Å². The van der Waals surface area contributed by atoms with E-state index in [9.17, 15) is 0 Å². The van der Waals surface area contributed by atoms with Crippen LogP contribution in [0.4, 0.5) is 0 Å². The van der Waals surface area contributed by atoms with Crippen LogP contribution in [-0.4, -0.2) is 27.9 Å². The van der Waals surface area contributed by atoms with Gasteiger partial charge in [-0.2, -0.15) is 0 Å². The van der Waals surface area contributed by atoms with Crippen molar-refractivity contribution in [3.63, 3.8) is 0 Å². The van der Waals surface area contributed by atoms with Gasteiger partial charge in [-0.1, -0.05) is 74.6 Å². The van der Waals surface area contributed by atoms with E-state index in [1.54, 1.807) is 0 Å². The molecule has 0 N–H and O–H groups in total. The number of rotatable bonds is 2. The van der Waals surface area contributed by atoms with Gasteiger partial charge in [-0.15, -0.1) is 0 Å². The number of hydrogen-bond acceptors (Lipinski definition) is 2. The fourth-order valence-corrected chi connectivity index (χ4v) is 5.98. The summed E-state index contributed by atoms with van der Waals surface area (Å²) in [5.41, 5.74) is 6.01. The maximum absolute atomic E-state index is 6.17. The molecule has 1 fully saturated rings. The van der Waals surface area contributed by atoms with Crippen molar-refractivity contribution >= 4 is 17.2 Å². The zero-order chi connectivity index (χ0) is 18.5. The van der Waals surface area contributed by atoms with Crippen molar-refractivity contribution in [1.82, 2.24) is 9.80 Å². The summed E-state index contributed by atoms with van der Waals surface area (Å²) < 4.78 is 0. The van der Waals surface area contributed by atoms with Crippen molar-refractivity contribution < 1.29 is 0 Å². The summed E-state index contributed by atoms with van der Waals surface area (Å²) in [6, 6.07) is 18.5. The van der Waals surface area contributed by atoms with Gasteiger partial charge >= 0.3 is 0 Å². The summed E-state index contributed by atoms with van der Waals surface area (Å²) in [5, 5.41) is 0. The van der Waals surface area contributed by atoms with Gasteiger partial charge in [0.15, 0.2) is 0 Å². The van der Waals surface area contributed by atoms with Gasteiger partial charge in [0, 0.05) is 25.0 Å². The Bertz CT molecular complexity index is 874. The first-order chi connectivity index (χ1) is 13.1. The Balaban J connectivity index is 1.65. The van der Waals surface area contributed by atoms with Crippen LogP contribution in [-0.2, 0) is 12.8 Å². The first-order valence-corrected chi connectivity index (χ1v) is 10.8. The minimum Gasteiger partial charge on any atom is -0.346 e. The molecular weight excluding hydrogens is 348 g/mol. The highest BCUT2D eigenvalue weighted by atomic mass is 32.1. The van der Waals surface area contributed by atoms with E-state index in [0.717, 1.165) is 25.9 Å². The molecule has 3 heterocycles. The fourth-order valence-electron chi connectivity index (χ4n) is 5.56. The van der Waals surface area contributed by atoms with E-state index in [1.807, 2.05) is 0 Å². The van der Waals surface area contributed by atoms with E-state index < -0.39 is 0 Å². The highest BCUT2D eigenvalue weighted by Crippen LogP contribution is 2.50. The van der Waals surface area contributed by atoms with Crippen LogP contribution >= 0.6 is 12.2 Å². The molecule has 2 aromatic carbocycles. The zero-order valence-corrected chi connectivity index (χ0v) is 17.1. The van der Waals surface area contributed by atoms with Gasteiger partial charge in [0.05, 0.1) is 4.99 Å². The van der Waals surface area contributed by atoms with Crippen LogP contribution in [0.2, 0.25) is 0 Å². The lowest BCUT2D eigenvalue weighted by molar-refractivity contribution is -0.0119. The molecule has 0 unspecified atom stereocenters. The molecule has 0 bridgehead atoms. The molecule has 2 nitrogen and oxygen atoms in total. The summed E-state index contributed by atoms with van der Waals surface area (Å²) in [5.74, 6) is 1.08. The van der Waals surface area contributed by atoms with Gasteiger partial charge in [0.1, 0.15) is 6.17 Å². The molecule has 0 spiro atoms. The molecule has 140 valence electrons. The lowest BCUT2D eigenvalue weighted by atomic mass is 9.76. The smallest absolute Gasteiger partial charge is 0.109 e. The Morgan fingerprint density at radius 3 is 2.30 bits per heavy atom. The summed E-state index contributed by atoms with van der Waals surface area (Å²) in [6.45, 7) is 6.84. The Morgan fingerprint density at radius 2 is 1.56 bits per heavy atom. The van der Waals surface area contributed by atoms with Crippen LogP contribution < -0.4 is 0 Å². The van der Waals surface area contributed by atoms with Gasteiger partial charge in [-0.3, -0.25) is 4.90 Å². The highest BCUT2D eigenvalue weighted by Gasteiger charge is 2.48. The van der Waals surface area contributed by atoms with Crippen molar-refractivity contribution in [2.24, 2.45) is 11.8 Å². The Kier molecular flexibility index (Phi) is 4.33. The van der Waals surface area contributed by atoms with Crippen molar-refractivity contribution in [2.75, 3.05) is 13.1 Å². The van der Waals surface area contributed by atoms with E-state index in [4.69, 9.17) is 12.2 Å². The van der Waals surface area contributed by atoms with Crippen LogP contribution in [0.15, 0.2) is 48.5 Å². The molecule has 0 aliphatic carbocycles. The predicted molar refractivity (Wildman–Crippen MR) is 115 cm³/mol. The van der Waals surface area contributed by atoms with E-state index in [-0.39, 0.29) is 0 Å². The second-order valence-corrected chi connectivity index (χ2v) is 9.14. The van der Waals surface area contributed by atoms with Gasteiger partial charge < -0.3 is 4.90 Å². The maximum Gasteiger partial charge on any atom is 0.109 e. The molecule has 3 atom stereocenters. The number of fused-ring (bicyclic) bond motifs is 7. The van der Waals surface area contributed by atoms with Crippen LogP contribution in [0.1, 0.15) is 54.7 Å². The molecule has 3 aliphatic heterocycles. The van der Waals surface area contributed by atoms with E-state index in [2.05, 4.69) is 72.2 Å². The minimum absolute atomic E-state index is 0.309. The lowest BCUT2D eigenvalue weighted by Crippen LogP contribution is -2.59. The fraction of sp³-hybridized carbons (Fsp3) is 0.458. The number of nitrogens with zero attached hydrogens (tertiary/aromatic N) is 2. The first kappa shape index (κ1) is 17.4. The summed E-state index contributed by atoms with van der Waals surface area (Å²) >= 11 is 6.17. The molecule has 2 aromatic rings. The average molecular weight is 377 g/mol. The molecule has 0 aromatic heterocycles. The first-order valence-electron chi connectivity index (χ1n) is 10.4. The zero-order valence-electron chi connectivity index (χ0n) is 16.3. The van der Waals surface area contributed by atoms with Crippen molar-refractivity contribution in [3.8, 4) is 0 Å². The van der Waals surface area contributed by atoms with Crippen molar-refractivity contribution in [1.29, 1.82) is 0 Å². The van der Waals surface area contributed by atoms with Crippen molar-refractivity contribution in [2.45, 2.75) is 45.3 Å². The molecule has 27 heavy (non-hydrogen) atoms. The van der Waals surface area contributed by atoms with Crippen LogP contribution in [0.25, 0.3) is 0 Å². The predicted octanol–water partition coefficient (Wildman–Crippen LogP) is 5.15. The molecule has 1 saturated heterocycles. The third kappa shape index (κ3) is 2.75. The van der Waals surface area contributed by atoms with Gasteiger partial charge in [0.2, 0.25) is 0 Å². The number of benzene rings is 2. The summed E-state index contributed by atoms with van der Waals surface area (Å²) in [6.07, 6.45) is 3.72. The van der Waals surface area contributed by atoms with E-state index in [0.29, 0.717) is 24.0 Å². The molecule has 3 aliphatic rings. The van der Waals surface area contributed by atoms with E-state index in [1.165, 1.54) is 33.7 Å². The quantitative estimate of drug-likeness (QED) is 0.670. The summed E-state index contributed by atoms with van der Waals surface area (Å²) in [4.78, 5) is 6.51. The third-order valence-electron chi connectivity index (χ3n) is 6.64. The van der Waals surface area contributed by atoms with E-state index >= 15 is 0 Å². The normalized spacial score (nSPS) is 27.0. The van der Waals surface area contributed by atoms with Crippen LogP contribution in [0.3, 0.4) is 0 Å². The second kappa shape index (κ2) is 6.72. The third-order valence-corrected chi connectivity index (χ3v) is 7.18. The summed E-state index contributed by atoms with van der Waals surface area (Å²) in [7, 11) is 0. The standard InChI is InChI=1S/C24H28N2S/c1-16(2)15-21-22-19-9-5-3-7-17(19)11-13-25(22)23-20-10-6-4-8-18(20)12-14-26(23)24(21)27/h3-10,16,21-23H,11-15H2,1-2H3/t21-,22-,23-/m0/s1. The number of thiocarbonyl (C=S) groups is 1. The SMILES string of the molecule is CC(C)C[C@@H]1C(=S)N2CCc3ccccc3[C@H]2N2CCc3ccccc3[C@@H]12. The van der Waals surface area contributed by atoms with Crippen LogP contribution in [0, 0.1) is 11.8 Å². The average Bonchev–Trinajstić information content (AvgIpc) is 2.69. The monoisotopic (exact) mass is 376 g/mol. The van der Waals surface area contributed by atoms with Crippen LogP contribution in [0.5, 0.6) is 0 Å². The largest absolute Gasteiger partial charge is 0.346 e. The molecule has 0 saturated carbocycles. The maximum atomic E-state index is 6.17. The van der Waals surface area contributed by atoms with Crippen molar-refractivity contribution in [3.05, 3.63) is 70.8 Å². The number of hydrogen-bond donors (Lipinski definition) is 0. The highest BCUT2D eigenvalue weighted by molar-refractivity contribution is 7.80. The van der Waals surface area contributed by atoms with Gasteiger partial charge in [-0.05, 0) is 47.4 Å². The topological polar surface area (TPSA) is 6.48 Å². The molecule has 3 heteroatoms. The molecule has 0 radical (unpaired) electrons.